The van der Waals surface area contributed by atoms with Crippen LogP contribution in [0.5, 0.6) is 5.75 Å². The van der Waals surface area contributed by atoms with Crippen LogP contribution in [-0.2, 0) is 4.79 Å². The number of piperazine rings is 1. The topological polar surface area (TPSA) is 56.6 Å². The van der Waals surface area contributed by atoms with Crippen LogP contribution in [0.2, 0.25) is 0 Å². The molecule has 134 valence electrons. The van der Waals surface area contributed by atoms with Crippen molar-refractivity contribution < 1.29 is 9.53 Å². The largest absolute Gasteiger partial charge is 0.482 e. The second kappa shape index (κ2) is 7.92. The van der Waals surface area contributed by atoms with E-state index in [9.17, 15) is 4.79 Å². The first kappa shape index (κ1) is 17.8. The molecule has 0 aliphatic carbocycles. The quantitative estimate of drug-likeness (QED) is 0.852. The number of ether oxygens (including phenoxy) is 1. The number of anilines is 1. The summed E-state index contributed by atoms with van der Waals surface area (Å²) in [6, 6.07) is 15.4. The summed E-state index contributed by atoms with van der Waals surface area (Å²) in [5.41, 5.74) is 4.27. The number of benzene rings is 2. The van der Waals surface area contributed by atoms with E-state index in [2.05, 4.69) is 43.0 Å². The van der Waals surface area contributed by atoms with Gasteiger partial charge in [-0.05, 0) is 43.2 Å². The van der Waals surface area contributed by atoms with Gasteiger partial charge < -0.3 is 14.5 Å². The Hall–Kier alpha value is -3.00. The molecular formula is C21H23N3O2. The van der Waals surface area contributed by atoms with Gasteiger partial charge in [-0.15, -0.1) is 0 Å². The van der Waals surface area contributed by atoms with Crippen LogP contribution in [0.15, 0.2) is 42.5 Å². The van der Waals surface area contributed by atoms with Crippen LogP contribution in [0.3, 0.4) is 0 Å². The first-order valence-electron chi connectivity index (χ1n) is 8.81. The van der Waals surface area contributed by atoms with E-state index in [-0.39, 0.29) is 12.5 Å². The highest BCUT2D eigenvalue weighted by atomic mass is 16.5. The fourth-order valence-electron chi connectivity index (χ4n) is 3.19. The predicted molar refractivity (Wildman–Crippen MR) is 101 cm³/mol. The molecule has 0 bridgehead atoms. The van der Waals surface area contributed by atoms with E-state index in [1.54, 1.807) is 24.3 Å². The number of carbonyl (C=O) groups excluding carboxylic acids is 1. The summed E-state index contributed by atoms with van der Waals surface area (Å²) in [6.45, 7) is 7.19. The Morgan fingerprint density at radius 3 is 2.54 bits per heavy atom. The zero-order chi connectivity index (χ0) is 18.5. The molecule has 0 radical (unpaired) electrons. The molecule has 0 unspecified atom stereocenters. The van der Waals surface area contributed by atoms with Crippen LogP contribution in [0.1, 0.15) is 16.7 Å². The van der Waals surface area contributed by atoms with Gasteiger partial charge in [0.2, 0.25) is 0 Å². The van der Waals surface area contributed by atoms with Crippen LogP contribution >= 0.6 is 0 Å². The third-order valence-electron chi connectivity index (χ3n) is 4.91. The van der Waals surface area contributed by atoms with Crippen molar-refractivity contribution in [3.05, 3.63) is 59.2 Å². The summed E-state index contributed by atoms with van der Waals surface area (Å²) >= 11 is 0. The first-order chi connectivity index (χ1) is 12.6. The SMILES string of the molecule is Cc1cccc(N2CCN(C(=O)COc3ccccc3C#N)CC2)c1C. The number of hydrogen-bond donors (Lipinski definition) is 0. The molecule has 2 aromatic carbocycles. The van der Waals surface area contributed by atoms with Gasteiger partial charge in [0, 0.05) is 31.9 Å². The number of nitrogens with zero attached hydrogens (tertiary/aromatic N) is 3. The third kappa shape index (κ3) is 3.80. The van der Waals surface area contributed by atoms with Crippen LogP contribution in [0, 0.1) is 25.2 Å². The molecule has 1 aliphatic rings. The van der Waals surface area contributed by atoms with Crippen molar-refractivity contribution in [1.29, 1.82) is 5.26 Å². The molecule has 3 rings (SSSR count). The molecule has 5 heteroatoms. The maximum atomic E-state index is 12.4. The second-order valence-corrected chi connectivity index (χ2v) is 6.48. The molecule has 2 aromatic rings. The lowest BCUT2D eigenvalue weighted by Gasteiger charge is -2.37. The Labute approximate surface area is 154 Å². The molecule has 1 amide bonds. The monoisotopic (exact) mass is 349 g/mol. The molecular weight excluding hydrogens is 326 g/mol. The van der Waals surface area contributed by atoms with E-state index in [1.165, 1.54) is 16.8 Å². The highest BCUT2D eigenvalue weighted by Crippen LogP contribution is 2.24. The van der Waals surface area contributed by atoms with Gasteiger partial charge in [-0.2, -0.15) is 5.26 Å². The van der Waals surface area contributed by atoms with Gasteiger partial charge in [0.05, 0.1) is 5.56 Å². The molecule has 26 heavy (non-hydrogen) atoms. The molecule has 0 N–H and O–H groups in total. The lowest BCUT2D eigenvalue weighted by atomic mass is 10.1. The average Bonchev–Trinajstić information content (AvgIpc) is 2.68. The molecule has 5 nitrogen and oxygen atoms in total. The first-order valence-corrected chi connectivity index (χ1v) is 8.81. The van der Waals surface area contributed by atoms with Gasteiger partial charge >= 0.3 is 0 Å². The molecule has 1 aliphatic heterocycles. The van der Waals surface area contributed by atoms with Crippen molar-refractivity contribution in [2.75, 3.05) is 37.7 Å². The number of carbonyl (C=O) groups is 1. The van der Waals surface area contributed by atoms with Gasteiger partial charge in [-0.3, -0.25) is 4.79 Å². The fraction of sp³-hybridized carbons (Fsp3) is 0.333. The highest BCUT2D eigenvalue weighted by Gasteiger charge is 2.22. The van der Waals surface area contributed by atoms with Crippen molar-refractivity contribution in [2.45, 2.75) is 13.8 Å². The van der Waals surface area contributed by atoms with E-state index >= 15 is 0 Å². The summed E-state index contributed by atoms with van der Waals surface area (Å²) in [5, 5.41) is 9.08. The number of nitriles is 1. The summed E-state index contributed by atoms with van der Waals surface area (Å²) < 4.78 is 5.56. The number of rotatable bonds is 4. The molecule has 0 atom stereocenters. The smallest absolute Gasteiger partial charge is 0.260 e. The maximum Gasteiger partial charge on any atom is 0.260 e. The van der Waals surface area contributed by atoms with Crippen LogP contribution in [0.25, 0.3) is 0 Å². The van der Waals surface area contributed by atoms with E-state index in [0.717, 1.165) is 13.1 Å². The highest BCUT2D eigenvalue weighted by molar-refractivity contribution is 5.78. The van der Waals surface area contributed by atoms with Crippen LogP contribution in [-0.4, -0.2) is 43.6 Å². The van der Waals surface area contributed by atoms with Gasteiger partial charge in [0.25, 0.3) is 5.91 Å². The van der Waals surface area contributed by atoms with E-state index in [0.29, 0.717) is 24.4 Å². The summed E-state index contributed by atoms with van der Waals surface area (Å²) in [5.74, 6) is 0.413. The van der Waals surface area contributed by atoms with Crippen molar-refractivity contribution in [2.24, 2.45) is 0 Å². The minimum atomic E-state index is -0.0432. The van der Waals surface area contributed by atoms with Gasteiger partial charge in [-0.25, -0.2) is 0 Å². The number of para-hydroxylation sites is 1. The Morgan fingerprint density at radius 2 is 1.81 bits per heavy atom. The summed E-state index contributed by atoms with van der Waals surface area (Å²) in [4.78, 5) is 16.6. The Kier molecular flexibility index (Phi) is 5.43. The fourth-order valence-corrected chi connectivity index (χ4v) is 3.19. The van der Waals surface area contributed by atoms with Crippen LogP contribution < -0.4 is 9.64 Å². The Bertz CT molecular complexity index is 833. The molecule has 1 heterocycles. The maximum absolute atomic E-state index is 12.4. The van der Waals surface area contributed by atoms with Crippen molar-refractivity contribution in [3.63, 3.8) is 0 Å². The van der Waals surface area contributed by atoms with E-state index in [4.69, 9.17) is 10.00 Å². The Balaban J connectivity index is 1.55. The average molecular weight is 349 g/mol. The molecule has 0 aromatic heterocycles. The van der Waals surface area contributed by atoms with Crippen LogP contribution in [0.4, 0.5) is 5.69 Å². The molecule has 1 fully saturated rings. The minimum Gasteiger partial charge on any atom is -0.482 e. The molecule has 1 saturated heterocycles. The van der Waals surface area contributed by atoms with E-state index in [1.807, 2.05) is 4.90 Å². The van der Waals surface area contributed by atoms with Crippen molar-refractivity contribution >= 4 is 11.6 Å². The minimum absolute atomic E-state index is 0.0395. The summed E-state index contributed by atoms with van der Waals surface area (Å²) in [7, 11) is 0. The number of amides is 1. The normalized spacial score (nSPS) is 14.0. The molecule has 0 saturated carbocycles. The third-order valence-corrected chi connectivity index (χ3v) is 4.91. The van der Waals surface area contributed by atoms with E-state index < -0.39 is 0 Å². The standard InChI is InChI=1S/C21H23N3O2/c1-16-6-5-8-19(17(16)2)23-10-12-24(13-11-23)21(25)15-26-20-9-4-3-7-18(20)14-22/h3-9H,10-13,15H2,1-2H3. The zero-order valence-electron chi connectivity index (χ0n) is 15.2. The lowest BCUT2D eigenvalue weighted by Crippen LogP contribution is -2.50. The van der Waals surface area contributed by atoms with Gasteiger partial charge in [-0.1, -0.05) is 24.3 Å². The van der Waals surface area contributed by atoms with Gasteiger partial charge in [0.15, 0.2) is 6.61 Å². The summed E-state index contributed by atoms with van der Waals surface area (Å²) in [6.07, 6.45) is 0. The lowest BCUT2D eigenvalue weighted by molar-refractivity contribution is -0.133. The van der Waals surface area contributed by atoms with Crippen molar-refractivity contribution in [3.8, 4) is 11.8 Å². The number of aryl methyl sites for hydroxylation is 1. The van der Waals surface area contributed by atoms with Gasteiger partial charge in [0.1, 0.15) is 11.8 Å². The Morgan fingerprint density at radius 1 is 1.08 bits per heavy atom. The second-order valence-electron chi connectivity index (χ2n) is 6.48. The van der Waals surface area contributed by atoms with Crippen molar-refractivity contribution in [1.82, 2.24) is 4.90 Å². The number of hydrogen-bond acceptors (Lipinski definition) is 4. The predicted octanol–water partition coefficient (Wildman–Crippen LogP) is 2.90. The zero-order valence-corrected chi connectivity index (χ0v) is 15.2. The molecule has 0 spiro atoms.